The molecule has 0 saturated carbocycles. The number of hydrogen-bond donors (Lipinski definition) is 0. The highest BCUT2D eigenvalue weighted by atomic mass is 79.9. The van der Waals surface area contributed by atoms with E-state index in [2.05, 4.69) is 38.4 Å². The summed E-state index contributed by atoms with van der Waals surface area (Å²) in [7, 11) is 0. The molecule has 0 aliphatic heterocycles. The molecule has 22 heavy (non-hydrogen) atoms. The number of hydrogen-bond acceptors (Lipinski definition) is 0. The smallest absolute Gasteiger partial charge is 0.125 e. The molecule has 0 aliphatic carbocycles. The van der Waals surface area contributed by atoms with E-state index in [0.717, 1.165) is 20.1 Å². The van der Waals surface area contributed by atoms with E-state index >= 15 is 0 Å². The van der Waals surface area contributed by atoms with E-state index in [-0.39, 0.29) is 5.54 Å². The van der Waals surface area contributed by atoms with E-state index in [1.54, 1.807) is 0 Å². The Kier molecular flexibility index (Phi) is 8.76. The zero-order valence-corrected chi connectivity index (χ0v) is 18.3. The number of rotatable bonds is 3. The Morgan fingerprint density at radius 2 is 1.32 bits per heavy atom. The van der Waals surface area contributed by atoms with Gasteiger partial charge in [0.05, 0.1) is 0 Å². The molecule has 1 atom stereocenters. The second-order valence-corrected chi connectivity index (χ2v) is 15.5. The number of benzene rings is 2. The van der Waals surface area contributed by atoms with Crippen LogP contribution in [0.3, 0.4) is 0 Å². The van der Waals surface area contributed by atoms with Gasteiger partial charge in [-0.05, 0) is 35.4 Å². The van der Waals surface area contributed by atoms with E-state index in [0.29, 0.717) is 0 Å². The van der Waals surface area contributed by atoms with Gasteiger partial charge in [-0.2, -0.15) is 0 Å². The number of halogens is 5. The Hall–Kier alpha value is 0.227. The van der Waals surface area contributed by atoms with Gasteiger partial charge < -0.3 is 0 Å². The fraction of sp³-hybridized carbons (Fsp3) is 0.125. The highest BCUT2D eigenvalue weighted by molar-refractivity contribution is 9.10. The third-order valence-electron chi connectivity index (χ3n) is 2.97. The van der Waals surface area contributed by atoms with Crippen molar-refractivity contribution in [3.63, 3.8) is 0 Å². The van der Waals surface area contributed by atoms with Crippen LogP contribution in [0.15, 0.2) is 64.1 Å². The second kappa shape index (κ2) is 9.51. The van der Waals surface area contributed by atoms with Gasteiger partial charge in [0.2, 0.25) is 0 Å². The van der Waals surface area contributed by atoms with Gasteiger partial charge in [-0.15, -0.1) is 33.2 Å². The predicted octanol–water partition coefficient (Wildman–Crippen LogP) is 7.84. The zero-order valence-electron chi connectivity index (χ0n) is 11.9. The Labute approximate surface area is 163 Å². The van der Waals surface area contributed by atoms with Crippen LogP contribution < -0.4 is 0 Å². The lowest BCUT2D eigenvalue weighted by molar-refractivity contribution is 1.06. The van der Waals surface area contributed by atoms with Crippen molar-refractivity contribution >= 4 is 77.2 Å². The summed E-state index contributed by atoms with van der Waals surface area (Å²) in [6.07, 6.45) is 1.83. The largest absolute Gasteiger partial charge is 0.348 e. The SMILES string of the molecule is C=Cc1ccc(Br)cc1.CC(c1ccc(Br)cc1)[Si](Cl)(Cl)Cl. The summed E-state index contributed by atoms with van der Waals surface area (Å²) in [6, 6.07) is 13.3. The fourth-order valence-corrected chi connectivity index (χ4v) is 3.77. The third-order valence-corrected chi connectivity index (χ3v) is 8.29. The molecule has 0 aromatic heterocycles. The van der Waals surface area contributed by atoms with Gasteiger partial charge in [0.15, 0.2) is 0 Å². The van der Waals surface area contributed by atoms with Crippen LogP contribution in [0.5, 0.6) is 0 Å². The van der Waals surface area contributed by atoms with E-state index in [1.165, 1.54) is 0 Å². The summed E-state index contributed by atoms with van der Waals surface area (Å²) in [5.74, 6) is 0. The molecule has 0 heterocycles. The Bertz CT molecular complexity index is 592. The fourth-order valence-electron chi connectivity index (χ4n) is 1.54. The van der Waals surface area contributed by atoms with Gasteiger partial charge in [-0.25, -0.2) is 0 Å². The molecule has 0 aliphatic rings. The molecule has 0 spiro atoms. The van der Waals surface area contributed by atoms with Crippen molar-refractivity contribution in [1.82, 2.24) is 0 Å². The average molecular weight is 502 g/mol. The highest BCUT2D eigenvalue weighted by Crippen LogP contribution is 2.36. The molecule has 0 fully saturated rings. The van der Waals surface area contributed by atoms with Gasteiger partial charge in [0.25, 0.3) is 0 Å². The lowest BCUT2D eigenvalue weighted by atomic mass is 10.2. The van der Waals surface area contributed by atoms with E-state index < -0.39 is 6.00 Å². The Balaban J connectivity index is 0.000000235. The quantitative estimate of drug-likeness (QED) is 0.297. The first-order valence-corrected chi connectivity index (χ1v) is 13.1. The van der Waals surface area contributed by atoms with Crippen molar-refractivity contribution in [2.75, 3.05) is 0 Å². The van der Waals surface area contributed by atoms with Crippen LogP contribution >= 0.6 is 65.1 Å². The van der Waals surface area contributed by atoms with Crippen LogP contribution in [0.1, 0.15) is 23.6 Å². The summed E-state index contributed by atoms with van der Waals surface area (Å²) < 4.78 is 2.14. The molecule has 0 nitrogen and oxygen atoms in total. The van der Waals surface area contributed by atoms with Crippen LogP contribution in [0.4, 0.5) is 0 Å². The van der Waals surface area contributed by atoms with Crippen LogP contribution in [0.2, 0.25) is 0 Å². The van der Waals surface area contributed by atoms with Crippen LogP contribution in [-0.4, -0.2) is 6.00 Å². The van der Waals surface area contributed by atoms with Crippen molar-refractivity contribution < 1.29 is 0 Å². The first-order valence-electron chi connectivity index (χ1n) is 6.44. The van der Waals surface area contributed by atoms with E-state index in [1.807, 2.05) is 61.5 Å². The molecule has 118 valence electrons. The Morgan fingerprint density at radius 3 is 1.68 bits per heavy atom. The zero-order chi connectivity index (χ0) is 16.8. The summed E-state index contributed by atoms with van der Waals surface area (Å²) >= 11 is 24.4. The van der Waals surface area contributed by atoms with Gasteiger partial charge in [-0.3, -0.25) is 0 Å². The highest BCUT2D eigenvalue weighted by Gasteiger charge is 2.34. The van der Waals surface area contributed by atoms with E-state index in [4.69, 9.17) is 33.2 Å². The molecule has 0 N–H and O–H groups in total. The molecule has 0 saturated heterocycles. The van der Waals surface area contributed by atoms with Crippen molar-refractivity contribution in [1.29, 1.82) is 0 Å². The molecular weight excluding hydrogens is 486 g/mol. The van der Waals surface area contributed by atoms with Crippen molar-refractivity contribution in [3.05, 3.63) is 75.2 Å². The summed E-state index contributed by atoms with van der Waals surface area (Å²) in [5.41, 5.74) is 2.26. The van der Waals surface area contributed by atoms with Crippen molar-refractivity contribution in [2.24, 2.45) is 0 Å². The maximum atomic E-state index is 5.92. The van der Waals surface area contributed by atoms with Gasteiger partial charge >= 0.3 is 6.00 Å². The minimum Gasteiger partial charge on any atom is -0.125 e. The average Bonchev–Trinajstić information content (AvgIpc) is 2.48. The van der Waals surface area contributed by atoms with Gasteiger partial charge in [0, 0.05) is 14.5 Å². The minimum absolute atomic E-state index is 0.0330. The maximum Gasteiger partial charge on any atom is 0.348 e. The second-order valence-electron chi connectivity index (χ2n) is 4.57. The molecular formula is C16H15Br2Cl3Si. The molecule has 0 bridgehead atoms. The molecule has 6 heteroatoms. The summed E-state index contributed by atoms with van der Waals surface area (Å²) in [6.45, 7) is 5.59. The molecule has 2 aromatic carbocycles. The standard InChI is InChI=1S/C8H8BrCl3Si.C8H7Br/c1-6(13(10,11)12)7-2-4-8(9)5-3-7;1-2-7-3-5-8(9)6-4-7/h2-6H,1H3;2-6H,1H2. The van der Waals surface area contributed by atoms with Crippen LogP contribution in [-0.2, 0) is 0 Å². The van der Waals surface area contributed by atoms with E-state index in [9.17, 15) is 0 Å². The van der Waals surface area contributed by atoms with Gasteiger partial charge in [0.1, 0.15) is 0 Å². The molecule has 0 radical (unpaired) electrons. The van der Waals surface area contributed by atoms with Crippen LogP contribution in [0.25, 0.3) is 6.08 Å². The monoisotopic (exact) mass is 498 g/mol. The van der Waals surface area contributed by atoms with Crippen molar-refractivity contribution in [2.45, 2.75) is 12.5 Å². The molecule has 0 amide bonds. The third kappa shape index (κ3) is 7.20. The maximum absolute atomic E-state index is 5.92. The molecule has 2 aromatic rings. The topological polar surface area (TPSA) is 0 Å². The van der Waals surface area contributed by atoms with Gasteiger partial charge in [-0.1, -0.05) is 75.7 Å². The van der Waals surface area contributed by atoms with Crippen molar-refractivity contribution in [3.8, 4) is 0 Å². The lowest BCUT2D eigenvalue weighted by Gasteiger charge is -2.17. The molecule has 1 unspecified atom stereocenters. The summed E-state index contributed by atoms with van der Waals surface area (Å²) in [4.78, 5) is 0. The minimum atomic E-state index is -2.62. The van der Waals surface area contributed by atoms with Crippen LogP contribution in [0, 0.1) is 0 Å². The predicted molar refractivity (Wildman–Crippen MR) is 110 cm³/mol. The Morgan fingerprint density at radius 1 is 0.909 bits per heavy atom. The molecule has 2 rings (SSSR count). The first kappa shape index (κ1) is 20.3. The lowest BCUT2D eigenvalue weighted by Crippen LogP contribution is -2.20. The normalized spacial score (nSPS) is 12.1. The first-order chi connectivity index (χ1) is 10.2. The summed E-state index contributed by atoms with van der Waals surface area (Å²) in [5, 5.41) is 0.